The van der Waals surface area contributed by atoms with Crippen LogP contribution < -0.4 is 20.9 Å². The maximum Gasteiger partial charge on any atom is 0.303 e. The fourth-order valence-corrected chi connectivity index (χ4v) is 8.70. The second-order valence-electron chi connectivity index (χ2n) is 8.58. The van der Waals surface area contributed by atoms with E-state index in [1.807, 2.05) is 0 Å². The lowest BCUT2D eigenvalue weighted by Crippen LogP contribution is -2.63. The molecule has 0 spiro atoms. The van der Waals surface area contributed by atoms with E-state index in [2.05, 4.69) is 64.6 Å². The summed E-state index contributed by atoms with van der Waals surface area (Å²) in [5.74, 6) is -0.706. The molecule has 1 aliphatic heterocycles. The van der Waals surface area contributed by atoms with Crippen LogP contribution in [0.15, 0.2) is 29.3 Å². The van der Waals surface area contributed by atoms with Crippen molar-refractivity contribution in [1.82, 2.24) is 0 Å². The highest BCUT2D eigenvalue weighted by molar-refractivity contribution is 7.02. The number of carboxylic acids is 1. The molecule has 1 atom stereocenters. The Labute approximate surface area is 175 Å². The molecule has 2 aromatic carbocycles. The van der Waals surface area contributed by atoms with Crippen molar-refractivity contribution in [2.75, 3.05) is 0 Å². The molecule has 0 aromatic heterocycles. The van der Waals surface area contributed by atoms with Crippen molar-refractivity contribution >= 4 is 36.2 Å². The number of aliphatic carboxylic acids is 1. The summed E-state index contributed by atoms with van der Waals surface area (Å²) < 4.78 is 0. The van der Waals surface area contributed by atoms with Crippen molar-refractivity contribution in [3.05, 3.63) is 51.5 Å². The minimum Gasteiger partial charge on any atom is -0.481 e. The van der Waals surface area contributed by atoms with Gasteiger partial charge in [0, 0.05) is 6.42 Å². The molecule has 4 heteroatoms. The van der Waals surface area contributed by atoms with Crippen LogP contribution in [0.5, 0.6) is 0 Å². The van der Waals surface area contributed by atoms with Crippen molar-refractivity contribution in [1.29, 1.82) is 0 Å². The first-order valence-corrected chi connectivity index (χ1v) is 13.6. The maximum atomic E-state index is 11.2. The third-order valence-electron chi connectivity index (χ3n) is 6.28. The van der Waals surface area contributed by atoms with Crippen LogP contribution in [0.1, 0.15) is 56.2 Å². The molecule has 0 amide bonds. The molecule has 3 rings (SSSR count). The van der Waals surface area contributed by atoms with Crippen LogP contribution in [0, 0.1) is 13.8 Å². The molecule has 0 radical (unpaired) electrons. The lowest BCUT2D eigenvalue weighted by molar-refractivity contribution is -0.137. The van der Waals surface area contributed by atoms with E-state index >= 15 is 0 Å². The minimum absolute atomic E-state index is 0.234. The molecule has 0 fully saturated rings. The molecular formula is C25H33NO2Si. The van der Waals surface area contributed by atoms with Crippen molar-refractivity contribution in [2.45, 2.75) is 72.4 Å². The Hall–Kier alpha value is -2.20. The SMILES string of the molecule is CC/C=c1/cc2c(cc1C)=Nc1cc(C)c(CCC)cc1[Si]2(C)CCCC(=O)O. The number of aryl methyl sites for hydroxylation is 3. The maximum absolute atomic E-state index is 11.2. The van der Waals surface area contributed by atoms with Crippen LogP contribution in [0.25, 0.3) is 6.08 Å². The number of hydrogen-bond donors (Lipinski definition) is 1. The minimum atomic E-state index is -2.09. The van der Waals surface area contributed by atoms with E-state index in [0.29, 0.717) is 6.42 Å². The summed E-state index contributed by atoms with van der Waals surface area (Å²) in [5, 5.41) is 14.3. The number of carboxylic acid groups (broad SMARTS) is 1. The molecule has 154 valence electrons. The van der Waals surface area contributed by atoms with Gasteiger partial charge in [-0.2, -0.15) is 0 Å². The molecule has 0 saturated carbocycles. The van der Waals surface area contributed by atoms with Crippen LogP contribution in [0.2, 0.25) is 12.6 Å². The number of hydrogen-bond acceptors (Lipinski definition) is 2. The van der Waals surface area contributed by atoms with E-state index in [1.54, 1.807) is 0 Å². The topological polar surface area (TPSA) is 49.7 Å². The van der Waals surface area contributed by atoms with Crippen molar-refractivity contribution < 1.29 is 9.90 Å². The molecule has 2 aromatic rings. The molecule has 0 saturated heterocycles. The number of nitrogens with zero attached hydrogens (tertiary/aromatic N) is 1. The molecule has 1 unspecified atom stereocenters. The summed E-state index contributed by atoms with van der Waals surface area (Å²) in [7, 11) is -2.09. The summed E-state index contributed by atoms with van der Waals surface area (Å²) in [4.78, 5) is 16.3. The molecule has 1 heterocycles. The summed E-state index contributed by atoms with van der Waals surface area (Å²) in [6.45, 7) is 11.1. The van der Waals surface area contributed by atoms with Crippen LogP contribution in [0.3, 0.4) is 0 Å². The van der Waals surface area contributed by atoms with Crippen LogP contribution in [0.4, 0.5) is 5.69 Å². The zero-order chi connectivity index (χ0) is 21.2. The fraction of sp³-hybridized carbons (Fsp3) is 0.440. The van der Waals surface area contributed by atoms with E-state index in [-0.39, 0.29) is 6.42 Å². The summed E-state index contributed by atoms with van der Waals surface area (Å²) in [6, 6.07) is 10.2. The zero-order valence-corrected chi connectivity index (χ0v) is 19.4. The van der Waals surface area contributed by atoms with Gasteiger partial charge in [-0.15, -0.1) is 0 Å². The molecule has 1 aliphatic rings. The average molecular weight is 408 g/mol. The average Bonchev–Trinajstić information content (AvgIpc) is 2.64. The van der Waals surface area contributed by atoms with Crippen molar-refractivity contribution in [3.63, 3.8) is 0 Å². The largest absolute Gasteiger partial charge is 0.481 e. The second kappa shape index (κ2) is 8.66. The second-order valence-corrected chi connectivity index (χ2v) is 12.8. The number of benzene rings is 2. The van der Waals surface area contributed by atoms with E-state index in [9.17, 15) is 9.90 Å². The van der Waals surface area contributed by atoms with Gasteiger partial charge in [-0.25, -0.2) is 4.99 Å². The van der Waals surface area contributed by atoms with Crippen molar-refractivity contribution in [3.8, 4) is 0 Å². The summed E-state index contributed by atoms with van der Waals surface area (Å²) in [6.07, 6.45) is 6.44. The Bertz CT molecular complexity index is 1060. The molecular weight excluding hydrogens is 374 g/mol. The molecule has 3 nitrogen and oxygen atoms in total. The Kier molecular flexibility index (Phi) is 6.42. The quantitative estimate of drug-likeness (QED) is 0.710. The molecule has 1 N–H and O–H groups in total. The van der Waals surface area contributed by atoms with Gasteiger partial charge in [0.15, 0.2) is 0 Å². The van der Waals surface area contributed by atoms with Crippen LogP contribution in [-0.4, -0.2) is 19.1 Å². The van der Waals surface area contributed by atoms with Gasteiger partial charge in [0.25, 0.3) is 0 Å². The van der Waals surface area contributed by atoms with E-state index in [1.165, 1.54) is 32.3 Å². The van der Waals surface area contributed by atoms with Gasteiger partial charge in [0.1, 0.15) is 8.07 Å². The fourth-order valence-electron chi connectivity index (χ4n) is 4.63. The van der Waals surface area contributed by atoms with E-state index in [0.717, 1.165) is 36.4 Å². The van der Waals surface area contributed by atoms with Gasteiger partial charge in [0.05, 0.1) is 11.0 Å². The predicted octanol–water partition coefficient (Wildman–Crippen LogP) is 3.77. The molecule has 29 heavy (non-hydrogen) atoms. The molecule has 0 bridgehead atoms. The standard InChI is InChI=1S/C25H33NO2Si/c1-6-9-19-15-23-21(13-17(19)3)26-22-14-18(4)20(10-7-2)16-24(22)29(23,5)12-8-11-25(27)28/h9,13-16H,6-8,10-12H2,1-5H3,(H,27,28)/b19-9-. The normalized spacial score (nSPS) is 18.2. The first-order valence-electron chi connectivity index (χ1n) is 10.9. The highest BCUT2D eigenvalue weighted by atomic mass is 28.3. The number of carbonyl (C=O) groups is 1. The van der Waals surface area contributed by atoms with Gasteiger partial charge in [-0.05, 0) is 83.6 Å². The monoisotopic (exact) mass is 407 g/mol. The Morgan fingerprint density at radius 3 is 2.52 bits per heavy atom. The lowest BCUT2D eigenvalue weighted by Gasteiger charge is -2.34. The van der Waals surface area contributed by atoms with Gasteiger partial charge >= 0.3 is 5.97 Å². The zero-order valence-electron chi connectivity index (χ0n) is 18.4. The first-order chi connectivity index (χ1) is 13.8. The van der Waals surface area contributed by atoms with E-state index < -0.39 is 14.0 Å². The van der Waals surface area contributed by atoms with Crippen molar-refractivity contribution in [2.24, 2.45) is 4.99 Å². The lowest BCUT2D eigenvalue weighted by atomic mass is 10.0. The molecule has 0 aliphatic carbocycles. The number of rotatable bonds is 7. The third-order valence-corrected chi connectivity index (χ3v) is 10.8. The number of fused-ring (bicyclic) bond motifs is 2. The summed E-state index contributed by atoms with van der Waals surface area (Å²) in [5.41, 5.74) is 5.09. The van der Waals surface area contributed by atoms with Gasteiger partial charge in [0.2, 0.25) is 0 Å². The van der Waals surface area contributed by atoms with Crippen LogP contribution >= 0.6 is 0 Å². The first kappa shape index (κ1) is 21.5. The Balaban J connectivity index is 2.26. The van der Waals surface area contributed by atoms with Gasteiger partial charge in [-0.3, -0.25) is 4.79 Å². The highest BCUT2D eigenvalue weighted by Gasteiger charge is 2.37. The van der Waals surface area contributed by atoms with Crippen LogP contribution in [-0.2, 0) is 11.2 Å². The highest BCUT2D eigenvalue weighted by Crippen LogP contribution is 2.26. The predicted molar refractivity (Wildman–Crippen MR) is 124 cm³/mol. The van der Waals surface area contributed by atoms with Gasteiger partial charge in [-0.1, -0.05) is 45.0 Å². The third kappa shape index (κ3) is 4.23. The summed E-state index contributed by atoms with van der Waals surface area (Å²) >= 11 is 0. The van der Waals surface area contributed by atoms with Gasteiger partial charge < -0.3 is 5.11 Å². The Morgan fingerprint density at radius 1 is 1.10 bits per heavy atom. The van der Waals surface area contributed by atoms with E-state index in [4.69, 9.17) is 4.99 Å². The Morgan fingerprint density at radius 2 is 1.86 bits per heavy atom. The smallest absolute Gasteiger partial charge is 0.303 e.